The van der Waals surface area contributed by atoms with Crippen LogP contribution < -0.4 is 10.1 Å². The zero-order valence-corrected chi connectivity index (χ0v) is 24.0. The molecule has 2 N–H and O–H groups in total. The van der Waals surface area contributed by atoms with Gasteiger partial charge in [-0.1, -0.05) is 20.8 Å². The number of carbonyl (C=O) groups is 2. The predicted octanol–water partition coefficient (Wildman–Crippen LogP) is 4.37. The van der Waals surface area contributed by atoms with Crippen molar-refractivity contribution < 1.29 is 33.3 Å². The third-order valence-electron chi connectivity index (χ3n) is 6.13. The van der Waals surface area contributed by atoms with Crippen molar-refractivity contribution in [3.8, 4) is 5.75 Å². The number of methoxy groups -OCH3 is 1. The van der Waals surface area contributed by atoms with Crippen molar-refractivity contribution in [3.05, 3.63) is 60.2 Å². The first-order chi connectivity index (χ1) is 19.7. The molecule has 0 bridgehead atoms. The van der Waals surface area contributed by atoms with E-state index in [1.54, 1.807) is 42.1 Å². The number of nitrogens with one attached hydrogen (secondary N) is 2. The number of nitrogens with zero attached hydrogens (tertiary/aromatic N) is 2. The number of hydrogen-bond donors (Lipinski definition) is 2. The lowest BCUT2D eigenvalue weighted by Crippen LogP contribution is -2.20. The highest BCUT2D eigenvalue weighted by Gasteiger charge is 2.25. The zero-order chi connectivity index (χ0) is 29.2. The molecule has 0 spiro atoms. The Hall–Kier alpha value is -3.77. The molecule has 41 heavy (non-hydrogen) atoms. The molecule has 11 nitrogen and oxygen atoms in total. The van der Waals surface area contributed by atoms with Crippen molar-refractivity contribution >= 4 is 33.9 Å². The van der Waals surface area contributed by atoms with Crippen molar-refractivity contribution in [1.82, 2.24) is 14.4 Å². The number of ether oxygens (including phenoxy) is 5. The van der Waals surface area contributed by atoms with E-state index < -0.39 is 5.41 Å². The summed E-state index contributed by atoms with van der Waals surface area (Å²) in [4.78, 5) is 33.1. The van der Waals surface area contributed by atoms with Crippen LogP contribution in [0, 0.1) is 5.41 Å². The second-order valence-electron chi connectivity index (χ2n) is 10.5. The quantitative estimate of drug-likeness (QED) is 0.151. The predicted molar refractivity (Wildman–Crippen MR) is 155 cm³/mol. The molecule has 0 radical (unpaired) electrons. The van der Waals surface area contributed by atoms with Crippen molar-refractivity contribution in [2.45, 2.75) is 20.8 Å². The molecule has 0 aliphatic rings. The summed E-state index contributed by atoms with van der Waals surface area (Å²) in [5, 5.41) is 3.75. The van der Waals surface area contributed by atoms with E-state index in [9.17, 15) is 9.59 Å². The minimum atomic E-state index is -0.529. The maximum Gasteiger partial charge on any atom is 0.272 e. The fourth-order valence-electron chi connectivity index (χ4n) is 3.98. The Morgan fingerprint density at radius 3 is 2.24 bits per heavy atom. The lowest BCUT2D eigenvalue weighted by Gasteiger charge is -2.13. The standard InChI is InChI=1S/C30H38N4O7/c1-30(2,3)28(35)26-20-34-19-22(5-8-27(34)33-26)31-29(36)25-18-21-17-23(6-7-24(21)32-25)41-16-15-40-14-13-39-12-11-38-10-9-37-4/h5-8,17-20,32H,9-16H2,1-4H3,(H,31,36). The molecule has 4 rings (SSSR count). The number of amides is 1. The topological polar surface area (TPSA) is 125 Å². The fraction of sp³-hybridized carbons (Fsp3) is 0.433. The van der Waals surface area contributed by atoms with Gasteiger partial charge in [0.25, 0.3) is 5.91 Å². The number of Topliss-reactive ketones (excluding diaryl/α,β-unsaturated/α-hetero) is 1. The second kappa shape index (κ2) is 14.2. The van der Waals surface area contributed by atoms with E-state index in [2.05, 4.69) is 15.3 Å². The van der Waals surface area contributed by atoms with Crippen molar-refractivity contribution in [2.24, 2.45) is 5.41 Å². The molecule has 0 saturated heterocycles. The SMILES string of the molecule is COCCOCCOCCOCCOc1ccc2[nH]c(C(=O)Nc3ccc4nc(C(=O)C(C)(C)C)cn4c3)cc2c1. The Balaban J connectivity index is 1.23. The molecule has 0 saturated carbocycles. The average molecular weight is 567 g/mol. The van der Waals surface area contributed by atoms with Crippen molar-refractivity contribution in [2.75, 3.05) is 65.3 Å². The molecule has 0 fully saturated rings. The van der Waals surface area contributed by atoms with E-state index in [0.29, 0.717) is 81.3 Å². The van der Waals surface area contributed by atoms with E-state index in [4.69, 9.17) is 23.7 Å². The third kappa shape index (κ3) is 8.61. The zero-order valence-electron chi connectivity index (χ0n) is 24.0. The number of imidazole rings is 1. The molecule has 220 valence electrons. The van der Waals surface area contributed by atoms with Crippen molar-refractivity contribution in [3.63, 3.8) is 0 Å². The molecule has 0 aliphatic carbocycles. The molecule has 0 aliphatic heterocycles. The van der Waals surface area contributed by atoms with Crippen LogP contribution in [0.4, 0.5) is 5.69 Å². The molecule has 3 aromatic heterocycles. The van der Waals surface area contributed by atoms with Gasteiger partial charge >= 0.3 is 0 Å². The normalized spacial score (nSPS) is 11.8. The van der Waals surface area contributed by atoms with Gasteiger partial charge in [0.05, 0.1) is 51.9 Å². The van der Waals surface area contributed by atoms with E-state index >= 15 is 0 Å². The fourth-order valence-corrected chi connectivity index (χ4v) is 3.98. The number of H-pyrrole nitrogens is 1. The monoisotopic (exact) mass is 566 g/mol. The first-order valence-electron chi connectivity index (χ1n) is 13.6. The Kier molecular flexibility index (Phi) is 10.5. The minimum Gasteiger partial charge on any atom is -0.491 e. The molecule has 1 aromatic carbocycles. The van der Waals surface area contributed by atoms with E-state index in [1.165, 1.54) is 0 Å². The summed E-state index contributed by atoms with van der Waals surface area (Å²) in [6.45, 7) is 9.54. The number of carbonyl (C=O) groups excluding carboxylic acids is 2. The highest BCUT2D eigenvalue weighted by Crippen LogP contribution is 2.24. The highest BCUT2D eigenvalue weighted by molar-refractivity contribution is 6.06. The van der Waals surface area contributed by atoms with Gasteiger partial charge in [0.1, 0.15) is 29.4 Å². The van der Waals surface area contributed by atoms with Crippen LogP contribution >= 0.6 is 0 Å². The number of aromatic amines is 1. The summed E-state index contributed by atoms with van der Waals surface area (Å²) >= 11 is 0. The third-order valence-corrected chi connectivity index (χ3v) is 6.13. The van der Waals surface area contributed by atoms with Crippen LogP contribution in [0.1, 0.15) is 41.7 Å². The van der Waals surface area contributed by atoms with Crippen LogP contribution in [-0.4, -0.2) is 86.0 Å². The van der Waals surface area contributed by atoms with Crippen LogP contribution in [0.25, 0.3) is 16.6 Å². The number of benzene rings is 1. The summed E-state index contributed by atoms with van der Waals surface area (Å²) in [6, 6.07) is 10.9. The van der Waals surface area contributed by atoms with E-state index in [1.807, 2.05) is 39.0 Å². The summed E-state index contributed by atoms with van der Waals surface area (Å²) in [6.07, 6.45) is 3.42. The number of rotatable bonds is 16. The average Bonchev–Trinajstić information content (AvgIpc) is 3.56. The van der Waals surface area contributed by atoms with Crippen LogP contribution in [-0.2, 0) is 18.9 Å². The smallest absolute Gasteiger partial charge is 0.272 e. The molecule has 1 amide bonds. The number of ketones is 1. The second-order valence-corrected chi connectivity index (χ2v) is 10.5. The summed E-state index contributed by atoms with van der Waals surface area (Å²) in [5.74, 6) is 0.357. The molecule has 0 unspecified atom stereocenters. The summed E-state index contributed by atoms with van der Waals surface area (Å²) < 4.78 is 28.7. The first kappa shape index (κ1) is 30.2. The van der Waals surface area contributed by atoms with E-state index in [-0.39, 0.29) is 11.7 Å². The number of pyridine rings is 1. The van der Waals surface area contributed by atoms with Gasteiger partial charge in [0.2, 0.25) is 0 Å². The van der Waals surface area contributed by atoms with Gasteiger partial charge in [-0.3, -0.25) is 9.59 Å². The Morgan fingerprint density at radius 2 is 1.56 bits per heavy atom. The number of aromatic nitrogens is 3. The molecular weight excluding hydrogens is 528 g/mol. The molecular formula is C30H38N4O7. The maximum atomic E-state index is 13.0. The van der Waals surface area contributed by atoms with E-state index in [0.717, 1.165) is 10.9 Å². The van der Waals surface area contributed by atoms with Gasteiger partial charge in [-0.25, -0.2) is 4.98 Å². The van der Waals surface area contributed by atoms with Gasteiger partial charge in [-0.05, 0) is 36.4 Å². The van der Waals surface area contributed by atoms with Crippen molar-refractivity contribution in [1.29, 1.82) is 0 Å². The van der Waals surface area contributed by atoms with Crippen LogP contribution in [0.15, 0.2) is 48.8 Å². The number of anilines is 1. The lowest BCUT2D eigenvalue weighted by atomic mass is 9.89. The van der Waals surface area contributed by atoms with Gasteiger partial charge in [-0.15, -0.1) is 0 Å². The number of hydrogen-bond acceptors (Lipinski definition) is 8. The van der Waals surface area contributed by atoms with Gasteiger partial charge in [0.15, 0.2) is 5.78 Å². The van der Waals surface area contributed by atoms with Gasteiger partial charge < -0.3 is 38.4 Å². The summed E-state index contributed by atoms with van der Waals surface area (Å²) in [7, 11) is 1.64. The first-order valence-corrected chi connectivity index (χ1v) is 13.6. The molecule has 3 heterocycles. The Bertz CT molecular complexity index is 1450. The maximum absolute atomic E-state index is 13.0. The van der Waals surface area contributed by atoms with Gasteiger partial charge in [-0.2, -0.15) is 0 Å². The van der Waals surface area contributed by atoms with Gasteiger partial charge in [0, 0.05) is 35.8 Å². The molecule has 11 heteroatoms. The molecule has 0 atom stereocenters. The Morgan fingerprint density at radius 1 is 0.878 bits per heavy atom. The molecule has 4 aromatic rings. The number of fused-ring (bicyclic) bond motifs is 2. The minimum absolute atomic E-state index is 0.0399. The largest absolute Gasteiger partial charge is 0.491 e. The van der Waals surface area contributed by atoms with Crippen LogP contribution in [0.3, 0.4) is 0 Å². The lowest BCUT2D eigenvalue weighted by molar-refractivity contribution is 0.000169. The van der Waals surface area contributed by atoms with Crippen LogP contribution in [0.2, 0.25) is 0 Å². The highest BCUT2D eigenvalue weighted by atomic mass is 16.6. The summed E-state index contributed by atoms with van der Waals surface area (Å²) in [5.41, 5.74) is 2.31. The Labute approximate surface area is 239 Å². The van der Waals surface area contributed by atoms with Crippen LogP contribution in [0.5, 0.6) is 5.75 Å².